The molecule has 1 aromatic carbocycles. The number of nitrogens with one attached hydrogen (secondary N) is 2. The molecule has 0 radical (unpaired) electrons. The van der Waals surface area contributed by atoms with E-state index in [0.29, 0.717) is 29.8 Å². The van der Waals surface area contributed by atoms with E-state index in [1.807, 2.05) is 18.2 Å². The van der Waals surface area contributed by atoms with Gasteiger partial charge < -0.3 is 15.4 Å². The summed E-state index contributed by atoms with van der Waals surface area (Å²) in [6, 6.07) is 7.64. The normalized spacial score (nSPS) is 22.3. The van der Waals surface area contributed by atoms with E-state index in [1.54, 1.807) is 13.2 Å². The molecule has 110 valence electrons. The van der Waals surface area contributed by atoms with Crippen molar-refractivity contribution in [3.05, 3.63) is 29.8 Å². The molecule has 2 atom stereocenters. The molecule has 20 heavy (non-hydrogen) atoms. The molecule has 1 aliphatic rings. The van der Waals surface area contributed by atoms with Crippen molar-refractivity contribution in [2.45, 2.75) is 32.2 Å². The van der Waals surface area contributed by atoms with E-state index in [0.717, 1.165) is 13.0 Å². The van der Waals surface area contributed by atoms with Crippen molar-refractivity contribution in [1.29, 1.82) is 0 Å². The van der Waals surface area contributed by atoms with Crippen molar-refractivity contribution >= 4 is 5.91 Å². The molecule has 0 saturated carbocycles. The first kappa shape index (κ1) is 14.9. The number of amides is 1. The first-order valence-electron chi connectivity index (χ1n) is 7.40. The standard InChI is InChI=1S/C16H24N2O2/c1-3-12-7-5-9-17-15(12)11-18-16(19)13-6-4-8-14(10-13)20-2/h4,6,8,10,12,15,17H,3,5,7,9,11H2,1-2H3,(H,18,19). The summed E-state index contributed by atoms with van der Waals surface area (Å²) < 4.78 is 5.14. The van der Waals surface area contributed by atoms with Gasteiger partial charge in [0.1, 0.15) is 5.75 Å². The lowest BCUT2D eigenvalue weighted by Crippen LogP contribution is -2.48. The number of hydrogen-bond acceptors (Lipinski definition) is 3. The summed E-state index contributed by atoms with van der Waals surface area (Å²) in [6.45, 7) is 3.96. The lowest BCUT2D eigenvalue weighted by molar-refractivity contribution is 0.0942. The highest BCUT2D eigenvalue weighted by Crippen LogP contribution is 2.19. The summed E-state index contributed by atoms with van der Waals surface area (Å²) in [5, 5.41) is 6.54. The third kappa shape index (κ3) is 3.73. The molecule has 2 rings (SSSR count). The predicted molar refractivity (Wildman–Crippen MR) is 80.1 cm³/mol. The summed E-state index contributed by atoms with van der Waals surface area (Å²) in [7, 11) is 1.61. The summed E-state index contributed by atoms with van der Waals surface area (Å²) >= 11 is 0. The van der Waals surface area contributed by atoms with Gasteiger partial charge in [-0.05, 0) is 43.5 Å². The molecule has 2 N–H and O–H groups in total. The lowest BCUT2D eigenvalue weighted by atomic mass is 9.88. The van der Waals surface area contributed by atoms with E-state index in [9.17, 15) is 4.79 Å². The SMILES string of the molecule is CCC1CCCNC1CNC(=O)c1cccc(OC)c1. The number of benzene rings is 1. The number of carbonyl (C=O) groups is 1. The van der Waals surface area contributed by atoms with Gasteiger partial charge in [-0.3, -0.25) is 4.79 Å². The molecular formula is C16H24N2O2. The summed E-state index contributed by atoms with van der Waals surface area (Å²) in [5.41, 5.74) is 0.646. The van der Waals surface area contributed by atoms with Crippen LogP contribution in [0.5, 0.6) is 5.75 Å². The Morgan fingerprint density at radius 2 is 2.35 bits per heavy atom. The molecule has 0 aliphatic carbocycles. The van der Waals surface area contributed by atoms with E-state index < -0.39 is 0 Å². The van der Waals surface area contributed by atoms with Crippen LogP contribution in [-0.2, 0) is 0 Å². The fourth-order valence-corrected chi connectivity index (χ4v) is 2.82. The second-order valence-electron chi connectivity index (χ2n) is 5.31. The molecular weight excluding hydrogens is 252 g/mol. The quantitative estimate of drug-likeness (QED) is 0.867. The van der Waals surface area contributed by atoms with Crippen molar-refractivity contribution in [3.8, 4) is 5.75 Å². The molecule has 1 fully saturated rings. The van der Waals surface area contributed by atoms with Crippen LogP contribution in [0.25, 0.3) is 0 Å². The Morgan fingerprint density at radius 3 is 3.10 bits per heavy atom. The highest BCUT2D eigenvalue weighted by molar-refractivity contribution is 5.94. The van der Waals surface area contributed by atoms with Crippen LogP contribution in [0.4, 0.5) is 0 Å². The number of hydrogen-bond donors (Lipinski definition) is 2. The van der Waals surface area contributed by atoms with Crippen molar-refractivity contribution in [3.63, 3.8) is 0 Å². The van der Waals surface area contributed by atoms with Gasteiger partial charge in [0.2, 0.25) is 0 Å². The third-order valence-electron chi connectivity index (χ3n) is 4.07. The van der Waals surface area contributed by atoms with Gasteiger partial charge in [-0.25, -0.2) is 0 Å². The highest BCUT2D eigenvalue weighted by atomic mass is 16.5. The second-order valence-corrected chi connectivity index (χ2v) is 5.31. The average Bonchev–Trinajstić information content (AvgIpc) is 2.52. The minimum Gasteiger partial charge on any atom is -0.497 e. The largest absolute Gasteiger partial charge is 0.497 e. The molecule has 4 nitrogen and oxygen atoms in total. The zero-order chi connectivity index (χ0) is 14.4. The summed E-state index contributed by atoms with van der Waals surface area (Å²) in [4.78, 5) is 12.2. The Hall–Kier alpha value is -1.55. The average molecular weight is 276 g/mol. The van der Waals surface area contributed by atoms with Gasteiger partial charge in [0.25, 0.3) is 5.91 Å². The summed E-state index contributed by atoms with van der Waals surface area (Å²) in [6.07, 6.45) is 3.65. The first-order chi connectivity index (χ1) is 9.74. The monoisotopic (exact) mass is 276 g/mol. The van der Waals surface area contributed by atoms with Crippen LogP contribution in [0.1, 0.15) is 36.5 Å². The molecule has 0 spiro atoms. The van der Waals surface area contributed by atoms with Crippen LogP contribution in [-0.4, -0.2) is 32.1 Å². The highest BCUT2D eigenvalue weighted by Gasteiger charge is 2.23. The Labute approximate surface area is 120 Å². The van der Waals surface area contributed by atoms with Crippen LogP contribution in [0.2, 0.25) is 0 Å². The van der Waals surface area contributed by atoms with E-state index in [4.69, 9.17) is 4.74 Å². The van der Waals surface area contributed by atoms with Crippen molar-refractivity contribution in [2.75, 3.05) is 20.2 Å². The van der Waals surface area contributed by atoms with Gasteiger partial charge in [-0.1, -0.05) is 19.4 Å². The zero-order valence-corrected chi connectivity index (χ0v) is 12.3. The van der Waals surface area contributed by atoms with Gasteiger partial charge in [-0.15, -0.1) is 0 Å². The van der Waals surface area contributed by atoms with E-state index in [2.05, 4.69) is 17.6 Å². The number of piperidine rings is 1. The van der Waals surface area contributed by atoms with Crippen LogP contribution < -0.4 is 15.4 Å². The number of ether oxygens (including phenoxy) is 1. The second kappa shape index (κ2) is 7.29. The molecule has 2 unspecified atom stereocenters. The van der Waals surface area contributed by atoms with E-state index in [1.165, 1.54) is 12.8 Å². The molecule has 1 saturated heterocycles. The maximum atomic E-state index is 12.2. The van der Waals surface area contributed by atoms with Crippen LogP contribution >= 0.6 is 0 Å². The fraction of sp³-hybridized carbons (Fsp3) is 0.562. The van der Waals surface area contributed by atoms with Crippen LogP contribution in [0.3, 0.4) is 0 Å². The first-order valence-corrected chi connectivity index (χ1v) is 7.40. The number of methoxy groups -OCH3 is 1. The Bertz CT molecular complexity index is 448. The fourth-order valence-electron chi connectivity index (χ4n) is 2.82. The van der Waals surface area contributed by atoms with E-state index >= 15 is 0 Å². The number of carbonyl (C=O) groups excluding carboxylic acids is 1. The Balaban J connectivity index is 1.90. The van der Waals surface area contributed by atoms with Crippen LogP contribution in [0.15, 0.2) is 24.3 Å². The molecule has 4 heteroatoms. The maximum Gasteiger partial charge on any atom is 0.251 e. The van der Waals surface area contributed by atoms with Crippen molar-refractivity contribution < 1.29 is 9.53 Å². The van der Waals surface area contributed by atoms with Crippen molar-refractivity contribution in [1.82, 2.24) is 10.6 Å². The predicted octanol–water partition coefficient (Wildman–Crippen LogP) is 2.20. The zero-order valence-electron chi connectivity index (χ0n) is 12.3. The van der Waals surface area contributed by atoms with Crippen LogP contribution in [0, 0.1) is 5.92 Å². The maximum absolute atomic E-state index is 12.2. The molecule has 0 aromatic heterocycles. The van der Waals surface area contributed by atoms with Gasteiger partial charge in [0.15, 0.2) is 0 Å². The molecule has 0 bridgehead atoms. The topological polar surface area (TPSA) is 50.4 Å². The third-order valence-corrected chi connectivity index (χ3v) is 4.07. The minimum absolute atomic E-state index is 0.0360. The smallest absolute Gasteiger partial charge is 0.251 e. The van der Waals surface area contributed by atoms with E-state index in [-0.39, 0.29) is 5.91 Å². The van der Waals surface area contributed by atoms with Gasteiger partial charge >= 0.3 is 0 Å². The van der Waals surface area contributed by atoms with Gasteiger partial charge in [-0.2, -0.15) is 0 Å². The molecule has 1 aromatic rings. The lowest BCUT2D eigenvalue weighted by Gasteiger charge is -2.32. The van der Waals surface area contributed by atoms with Crippen molar-refractivity contribution in [2.24, 2.45) is 5.92 Å². The number of rotatable bonds is 5. The molecule has 1 heterocycles. The van der Waals surface area contributed by atoms with Gasteiger partial charge in [0.05, 0.1) is 7.11 Å². The molecule has 1 aliphatic heterocycles. The Kier molecular flexibility index (Phi) is 5.41. The molecule has 1 amide bonds. The Morgan fingerprint density at radius 1 is 1.50 bits per heavy atom. The minimum atomic E-state index is -0.0360. The van der Waals surface area contributed by atoms with Gasteiger partial charge in [0, 0.05) is 18.2 Å². The summed E-state index contributed by atoms with van der Waals surface area (Å²) in [5.74, 6) is 1.33.